The van der Waals surface area contributed by atoms with Gasteiger partial charge in [0.15, 0.2) is 0 Å². The van der Waals surface area contributed by atoms with Crippen molar-refractivity contribution in [2.75, 3.05) is 26.3 Å². The Balaban J connectivity index is 0.822. The summed E-state index contributed by atoms with van der Waals surface area (Å²) in [5.41, 5.74) is 9.00. The van der Waals surface area contributed by atoms with Gasteiger partial charge in [0.25, 0.3) is 0 Å². The van der Waals surface area contributed by atoms with E-state index in [4.69, 9.17) is 9.05 Å². The van der Waals surface area contributed by atoms with Gasteiger partial charge < -0.3 is 19.7 Å². The molecular weight excluding hydrogens is 736 g/mol. The molecule has 0 radical (unpaired) electrons. The fourth-order valence-electron chi connectivity index (χ4n) is 6.85. The largest absolute Gasteiger partial charge is 0.319 e. The molecule has 4 aromatic carbocycles. The van der Waals surface area contributed by atoms with Crippen molar-refractivity contribution in [2.45, 2.75) is 77.3 Å². The molecule has 2 N–H and O–H groups in total. The molecule has 0 fully saturated rings. The summed E-state index contributed by atoms with van der Waals surface area (Å²) in [5.74, 6) is 13.5. The molecule has 0 saturated heterocycles. The number of pyridine rings is 2. The Morgan fingerprint density at radius 3 is 1.45 bits per heavy atom. The fraction of sp³-hybridized carbons (Fsp3) is 0.320. The minimum absolute atomic E-state index is 0.372. The highest BCUT2D eigenvalue weighted by Crippen LogP contribution is 2.25. The molecular formula is C50H55N4O3P. The minimum Gasteiger partial charge on any atom is -0.313 e. The molecule has 6 rings (SSSR count). The Morgan fingerprint density at radius 1 is 0.517 bits per heavy atom. The van der Waals surface area contributed by atoms with E-state index >= 15 is 0 Å². The number of hydrogen-bond acceptors (Lipinski definition) is 7. The normalized spacial score (nSPS) is 11.1. The van der Waals surface area contributed by atoms with Crippen LogP contribution in [0.4, 0.5) is 0 Å². The van der Waals surface area contributed by atoms with Crippen LogP contribution in [0.15, 0.2) is 122 Å². The summed E-state index contributed by atoms with van der Waals surface area (Å²) in [6, 6.07) is 37.8. The van der Waals surface area contributed by atoms with Crippen molar-refractivity contribution in [3.05, 3.63) is 155 Å². The van der Waals surface area contributed by atoms with Gasteiger partial charge in [0.05, 0.1) is 24.2 Å². The highest BCUT2D eigenvalue weighted by Gasteiger charge is 2.08. The standard InChI is InChI=1S/C50H55N4O3P/c55-58(56-37-17-33-51-39-45-31-29-43(47-27-15-35-53-49(45)47)25-13-3-1-7-19-41-21-9-5-10-22-41)57-38-18-34-52-40-46-32-30-44(48-28-16-36-54-50(46)48)26-14-4-2-8-20-42-23-11-6-12-24-42/h5-6,9-12,15-16,21-24,27-32,35-36,51-52,58H,1-4,7-8,17-20,33-34,37-40H2. The van der Waals surface area contributed by atoms with Crippen molar-refractivity contribution < 1.29 is 13.6 Å². The number of rotatable bonds is 22. The molecule has 0 spiro atoms. The van der Waals surface area contributed by atoms with E-state index in [1.54, 1.807) is 0 Å². The summed E-state index contributed by atoms with van der Waals surface area (Å²) in [4.78, 5) is 9.35. The van der Waals surface area contributed by atoms with E-state index in [9.17, 15) is 4.57 Å². The van der Waals surface area contributed by atoms with E-state index in [0.717, 1.165) is 121 Å². The maximum absolute atomic E-state index is 12.3. The SMILES string of the molecule is O=[PH](OCCCNCc1ccc(C#CCCCCc2ccccc2)c2cccnc12)OCCCNCc1ccc(C#CCCCCc2ccccc2)c2cccnc12. The van der Waals surface area contributed by atoms with Crippen LogP contribution in [0.25, 0.3) is 21.8 Å². The molecule has 0 amide bonds. The molecule has 0 saturated carbocycles. The van der Waals surface area contributed by atoms with E-state index in [0.29, 0.717) is 26.3 Å². The molecule has 0 aliphatic rings. The Labute approximate surface area is 345 Å². The van der Waals surface area contributed by atoms with E-state index in [-0.39, 0.29) is 0 Å². The first-order valence-electron chi connectivity index (χ1n) is 20.7. The molecule has 0 unspecified atom stereocenters. The molecule has 7 nitrogen and oxygen atoms in total. The summed E-state index contributed by atoms with van der Waals surface area (Å²) in [6.07, 6.45) is 13.5. The van der Waals surface area contributed by atoms with Crippen LogP contribution in [-0.2, 0) is 39.5 Å². The van der Waals surface area contributed by atoms with Gasteiger partial charge in [0.2, 0.25) is 0 Å². The Morgan fingerprint density at radius 2 is 0.983 bits per heavy atom. The molecule has 0 aliphatic carbocycles. The number of aromatic nitrogens is 2. The molecule has 0 bridgehead atoms. The first-order chi connectivity index (χ1) is 28.7. The topological polar surface area (TPSA) is 85.4 Å². The zero-order valence-electron chi connectivity index (χ0n) is 33.5. The number of benzene rings is 4. The highest BCUT2D eigenvalue weighted by atomic mass is 31.1. The van der Waals surface area contributed by atoms with Gasteiger partial charge in [-0.05, 0) is 111 Å². The van der Waals surface area contributed by atoms with Crippen LogP contribution >= 0.6 is 8.25 Å². The zero-order chi connectivity index (χ0) is 39.9. The Kier molecular flexibility index (Phi) is 18.0. The monoisotopic (exact) mass is 790 g/mol. The van der Waals surface area contributed by atoms with Crippen molar-refractivity contribution in [1.29, 1.82) is 0 Å². The molecule has 0 aliphatic heterocycles. The summed E-state index contributed by atoms with van der Waals surface area (Å²) in [6.45, 7) is 3.56. The van der Waals surface area contributed by atoms with Gasteiger partial charge in [0, 0.05) is 60.2 Å². The second-order valence-corrected chi connectivity index (χ2v) is 15.4. The third-order valence-corrected chi connectivity index (χ3v) is 10.8. The van der Waals surface area contributed by atoms with Crippen LogP contribution in [-0.4, -0.2) is 36.3 Å². The molecule has 2 aromatic heterocycles. The van der Waals surface area contributed by atoms with E-state index in [1.807, 2.05) is 24.5 Å². The summed E-state index contributed by atoms with van der Waals surface area (Å²) in [7, 11) is -2.54. The van der Waals surface area contributed by atoms with Gasteiger partial charge >= 0.3 is 8.25 Å². The van der Waals surface area contributed by atoms with Crippen molar-refractivity contribution in [1.82, 2.24) is 20.6 Å². The number of fused-ring (bicyclic) bond motifs is 2. The fourth-order valence-corrected chi connectivity index (χ4v) is 7.55. The zero-order valence-corrected chi connectivity index (χ0v) is 34.5. The molecule has 298 valence electrons. The van der Waals surface area contributed by atoms with E-state index in [2.05, 4.69) is 141 Å². The maximum Gasteiger partial charge on any atom is 0.319 e. The molecule has 0 atom stereocenters. The number of nitrogens with zero attached hydrogens (tertiary/aromatic N) is 2. The first kappa shape index (κ1) is 42.5. The van der Waals surface area contributed by atoms with Crippen LogP contribution in [0.1, 0.15) is 84.7 Å². The molecule has 8 heteroatoms. The third kappa shape index (κ3) is 14.1. The van der Waals surface area contributed by atoms with Gasteiger partial charge in [-0.25, -0.2) is 0 Å². The van der Waals surface area contributed by atoms with Crippen LogP contribution in [0.2, 0.25) is 0 Å². The van der Waals surface area contributed by atoms with Crippen LogP contribution < -0.4 is 10.6 Å². The third-order valence-electron chi connectivity index (χ3n) is 9.94. The van der Waals surface area contributed by atoms with Gasteiger partial charge in [-0.3, -0.25) is 14.5 Å². The van der Waals surface area contributed by atoms with E-state index < -0.39 is 8.25 Å². The predicted octanol–water partition coefficient (Wildman–Crippen LogP) is 10.4. The Bertz CT molecular complexity index is 2150. The minimum atomic E-state index is -2.54. The smallest absolute Gasteiger partial charge is 0.313 e. The molecule has 6 aromatic rings. The van der Waals surface area contributed by atoms with Crippen LogP contribution in [0, 0.1) is 23.7 Å². The Hall–Kier alpha value is -5.11. The van der Waals surface area contributed by atoms with Crippen molar-refractivity contribution in [2.24, 2.45) is 0 Å². The van der Waals surface area contributed by atoms with Crippen LogP contribution in [0.5, 0.6) is 0 Å². The van der Waals surface area contributed by atoms with Gasteiger partial charge in [-0.1, -0.05) is 109 Å². The molecule has 58 heavy (non-hydrogen) atoms. The lowest BCUT2D eigenvalue weighted by Crippen LogP contribution is -2.17. The number of hydrogen-bond donors (Lipinski definition) is 2. The van der Waals surface area contributed by atoms with Gasteiger partial charge in [0.1, 0.15) is 0 Å². The molecule has 2 heterocycles. The summed E-state index contributed by atoms with van der Waals surface area (Å²) < 4.78 is 23.3. The van der Waals surface area contributed by atoms with Crippen molar-refractivity contribution in [3.8, 4) is 23.7 Å². The predicted molar refractivity (Wildman–Crippen MR) is 239 cm³/mol. The lowest BCUT2D eigenvalue weighted by molar-refractivity contribution is 0.220. The van der Waals surface area contributed by atoms with Gasteiger partial charge in [-0.15, -0.1) is 0 Å². The van der Waals surface area contributed by atoms with Crippen LogP contribution in [0.3, 0.4) is 0 Å². The second kappa shape index (κ2) is 24.6. The highest BCUT2D eigenvalue weighted by molar-refractivity contribution is 7.33. The van der Waals surface area contributed by atoms with Gasteiger partial charge in [-0.2, -0.15) is 0 Å². The average molecular weight is 791 g/mol. The lowest BCUT2D eigenvalue weighted by Gasteiger charge is -2.10. The average Bonchev–Trinajstić information content (AvgIpc) is 3.27. The summed E-state index contributed by atoms with van der Waals surface area (Å²) >= 11 is 0. The number of nitrogens with one attached hydrogen (secondary N) is 2. The van der Waals surface area contributed by atoms with E-state index in [1.165, 1.54) is 11.1 Å². The van der Waals surface area contributed by atoms with Crippen molar-refractivity contribution in [3.63, 3.8) is 0 Å². The summed E-state index contributed by atoms with van der Waals surface area (Å²) in [5, 5.41) is 9.10. The maximum atomic E-state index is 12.3. The lowest BCUT2D eigenvalue weighted by atomic mass is 10.0. The second-order valence-electron chi connectivity index (χ2n) is 14.3. The number of unbranched alkanes of at least 4 members (excludes halogenated alkanes) is 4. The first-order valence-corrected chi connectivity index (χ1v) is 22.0. The van der Waals surface area contributed by atoms with Crippen molar-refractivity contribution >= 4 is 30.1 Å². The quantitative estimate of drug-likeness (QED) is 0.0402. The number of aryl methyl sites for hydroxylation is 2.